The summed E-state index contributed by atoms with van der Waals surface area (Å²) in [5.41, 5.74) is 8.36. The molecule has 0 aliphatic carbocycles. The highest BCUT2D eigenvalue weighted by molar-refractivity contribution is 14.1. The van der Waals surface area contributed by atoms with Gasteiger partial charge in [0.25, 0.3) is 0 Å². The van der Waals surface area contributed by atoms with Gasteiger partial charge in [-0.1, -0.05) is 37.9 Å². The molecular weight excluding hydrogens is 488 g/mol. The molecule has 0 heterocycles. The van der Waals surface area contributed by atoms with Crippen LogP contribution in [0.25, 0.3) is 0 Å². The summed E-state index contributed by atoms with van der Waals surface area (Å²) in [5.74, 6) is -0.249. The van der Waals surface area contributed by atoms with Crippen LogP contribution in [0.2, 0.25) is 0 Å². The predicted molar refractivity (Wildman–Crippen MR) is 91.6 cm³/mol. The first-order chi connectivity index (χ1) is 8.97. The molecule has 0 aliphatic heterocycles. The van der Waals surface area contributed by atoms with E-state index < -0.39 is 0 Å². The van der Waals surface area contributed by atoms with Crippen molar-refractivity contribution >= 4 is 54.5 Å². The van der Waals surface area contributed by atoms with Gasteiger partial charge in [-0.15, -0.1) is 0 Å². The summed E-state index contributed by atoms with van der Waals surface area (Å²) in [5, 5.41) is 0. The highest BCUT2D eigenvalue weighted by Crippen LogP contribution is 2.27. The van der Waals surface area contributed by atoms with Crippen LogP contribution < -0.4 is 5.73 Å². The summed E-state index contributed by atoms with van der Waals surface area (Å²) in [6.45, 7) is 0. The standard InChI is InChI=1S/C14H11Br2FIN/c15-9-2-4-13(18)11(6-9)14(19)5-8-1-3-10(17)7-12(8)16/h1-4,6-7,14H,5,19H2. The fraction of sp³-hybridized carbons (Fsp3) is 0.143. The lowest BCUT2D eigenvalue weighted by Crippen LogP contribution is -2.15. The van der Waals surface area contributed by atoms with Crippen molar-refractivity contribution in [1.29, 1.82) is 0 Å². The summed E-state index contributed by atoms with van der Waals surface area (Å²) in [7, 11) is 0. The average Bonchev–Trinajstić information content (AvgIpc) is 2.35. The monoisotopic (exact) mass is 497 g/mol. The quantitative estimate of drug-likeness (QED) is 0.579. The highest BCUT2D eigenvalue weighted by Gasteiger charge is 2.13. The molecule has 5 heteroatoms. The summed E-state index contributed by atoms with van der Waals surface area (Å²) in [6, 6.07) is 10.6. The van der Waals surface area contributed by atoms with Gasteiger partial charge in [0, 0.05) is 18.6 Å². The first-order valence-corrected chi connectivity index (χ1v) is 8.28. The smallest absolute Gasteiger partial charge is 0.124 e. The van der Waals surface area contributed by atoms with Crippen molar-refractivity contribution in [2.75, 3.05) is 0 Å². The molecule has 2 aromatic rings. The molecule has 2 aromatic carbocycles. The number of nitrogens with two attached hydrogens (primary N) is 1. The summed E-state index contributed by atoms with van der Waals surface area (Å²) in [6.07, 6.45) is 0.660. The Labute approximate surface area is 142 Å². The normalized spacial score (nSPS) is 12.5. The lowest BCUT2D eigenvalue weighted by atomic mass is 10.00. The minimum absolute atomic E-state index is 0.119. The van der Waals surface area contributed by atoms with Crippen LogP contribution in [-0.2, 0) is 6.42 Å². The van der Waals surface area contributed by atoms with Gasteiger partial charge in [-0.2, -0.15) is 0 Å². The largest absolute Gasteiger partial charge is 0.324 e. The van der Waals surface area contributed by atoms with E-state index >= 15 is 0 Å². The third kappa shape index (κ3) is 4.00. The third-order valence-electron chi connectivity index (χ3n) is 2.81. The molecule has 100 valence electrons. The molecule has 0 saturated carbocycles. The maximum absolute atomic E-state index is 13.1. The number of halogens is 4. The van der Waals surface area contributed by atoms with Crippen molar-refractivity contribution in [3.8, 4) is 0 Å². The van der Waals surface area contributed by atoms with Crippen molar-refractivity contribution in [3.63, 3.8) is 0 Å². The van der Waals surface area contributed by atoms with Gasteiger partial charge in [0.15, 0.2) is 0 Å². The van der Waals surface area contributed by atoms with Crippen molar-refractivity contribution < 1.29 is 4.39 Å². The Bertz CT molecular complexity index is 604. The molecule has 0 radical (unpaired) electrons. The lowest BCUT2D eigenvalue weighted by molar-refractivity contribution is 0.624. The topological polar surface area (TPSA) is 26.0 Å². The van der Waals surface area contributed by atoms with Gasteiger partial charge in [0.2, 0.25) is 0 Å². The van der Waals surface area contributed by atoms with E-state index in [9.17, 15) is 4.39 Å². The molecule has 1 nitrogen and oxygen atoms in total. The van der Waals surface area contributed by atoms with E-state index in [-0.39, 0.29) is 11.9 Å². The van der Waals surface area contributed by atoms with Gasteiger partial charge in [-0.05, 0) is 70.5 Å². The molecule has 1 atom stereocenters. The Morgan fingerprint density at radius 2 is 1.89 bits per heavy atom. The van der Waals surface area contributed by atoms with E-state index in [4.69, 9.17) is 5.73 Å². The molecule has 0 fully saturated rings. The number of hydrogen-bond acceptors (Lipinski definition) is 1. The van der Waals surface area contributed by atoms with Gasteiger partial charge in [-0.25, -0.2) is 4.39 Å². The zero-order chi connectivity index (χ0) is 14.0. The predicted octanol–water partition coefficient (Wildman–Crippen LogP) is 5.20. The van der Waals surface area contributed by atoms with Crippen LogP contribution in [-0.4, -0.2) is 0 Å². The van der Waals surface area contributed by atoms with Crippen molar-refractivity contribution in [2.24, 2.45) is 5.73 Å². The highest BCUT2D eigenvalue weighted by atomic mass is 127. The van der Waals surface area contributed by atoms with Gasteiger partial charge in [0.05, 0.1) is 0 Å². The Hall–Kier alpha value is 0.0200. The van der Waals surface area contributed by atoms with Crippen LogP contribution in [0.15, 0.2) is 45.3 Å². The second-order valence-electron chi connectivity index (χ2n) is 4.21. The molecule has 0 spiro atoms. The van der Waals surface area contributed by atoms with E-state index in [1.54, 1.807) is 6.07 Å². The zero-order valence-corrected chi connectivity index (χ0v) is 15.2. The second-order valence-corrected chi connectivity index (χ2v) is 7.14. The van der Waals surface area contributed by atoms with Gasteiger partial charge >= 0.3 is 0 Å². The zero-order valence-electron chi connectivity index (χ0n) is 9.84. The molecule has 0 saturated heterocycles. The Balaban J connectivity index is 2.25. The van der Waals surface area contributed by atoms with Crippen molar-refractivity contribution in [1.82, 2.24) is 0 Å². The molecule has 19 heavy (non-hydrogen) atoms. The third-order valence-corrected chi connectivity index (χ3v) is 5.03. The maximum atomic E-state index is 13.1. The van der Waals surface area contributed by atoms with Crippen LogP contribution in [0.5, 0.6) is 0 Å². The first kappa shape index (κ1) is 15.4. The molecule has 2 N–H and O–H groups in total. The number of rotatable bonds is 3. The second kappa shape index (κ2) is 6.65. The van der Waals surface area contributed by atoms with Crippen LogP contribution in [0, 0.1) is 9.39 Å². The Morgan fingerprint density at radius 3 is 2.58 bits per heavy atom. The molecule has 1 unspecified atom stereocenters. The molecule has 2 rings (SSSR count). The van der Waals surface area contributed by atoms with E-state index in [0.29, 0.717) is 6.42 Å². The minimum Gasteiger partial charge on any atom is -0.324 e. The van der Waals surface area contributed by atoms with Gasteiger partial charge < -0.3 is 5.73 Å². The molecule has 0 amide bonds. The minimum atomic E-state index is -0.249. The van der Waals surface area contributed by atoms with Crippen LogP contribution in [0.3, 0.4) is 0 Å². The summed E-state index contributed by atoms with van der Waals surface area (Å²) in [4.78, 5) is 0. The average molecular weight is 499 g/mol. The van der Waals surface area contributed by atoms with E-state index in [1.165, 1.54) is 12.1 Å². The summed E-state index contributed by atoms with van der Waals surface area (Å²) < 4.78 is 16.0. The lowest BCUT2D eigenvalue weighted by Gasteiger charge is -2.15. The van der Waals surface area contributed by atoms with Gasteiger partial charge in [0.1, 0.15) is 5.82 Å². The molecule has 0 bridgehead atoms. The van der Waals surface area contributed by atoms with Gasteiger partial charge in [-0.3, -0.25) is 0 Å². The Kier molecular flexibility index (Phi) is 5.39. The maximum Gasteiger partial charge on any atom is 0.124 e. The van der Waals surface area contributed by atoms with Crippen LogP contribution >= 0.6 is 54.5 Å². The van der Waals surface area contributed by atoms with E-state index in [1.807, 2.05) is 18.2 Å². The molecule has 0 aliphatic rings. The fourth-order valence-electron chi connectivity index (χ4n) is 1.83. The number of hydrogen-bond donors (Lipinski definition) is 1. The first-order valence-electron chi connectivity index (χ1n) is 5.62. The fourth-order valence-corrected chi connectivity index (χ4v) is 3.46. The number of benzene rings is 2. The van der Waals surface area contributed by atoms with Crippen LogP contribution in [0.1, 0.15) is 17.2 Å². The van der Waals surface area contributed by atoms with Crippen molar-refractivity contribution in [3.05, 3.63) is 65.9 Å². The van der Waals surface area contributed by atoms with E-state index in [0.717, 1.165) is 23.6 Å². The Morgan fingerprint density at radius 1 is 1.16 bits per heavy atom. The molecular formula is C14H11Br2FIN. The molecule has 0 aromatic heterocycles. The van der Waals surface area contributed by atoms with E-state index in [2.05, 4.69) is 54.5 Å². The van der Waals surface area contributed by atoms with Crippen LogP contribution in [0.4, 0.5) is 4.39 Å². The van der Waals surface area contributed by atoms with Crippen molar-refractivity contribution in [2.45, 2.75) is 12.5 Å². The SMILES string of the molecule is NC(Cc1ccc(F)cc1Br)c1cc(Br)ccc1I. The summed E-state index contributed by atoms with van der Waals surface area (Å²) >= 11 is 9.11.